The summed E-state index contributed by atoms with van der Waals surface area (Å²) in [5.74, 6) is 0.833. The second-order valence-electron chi connectivity index (χ2n) is 6.71. The molecular formula is C21H29NO2. The Morgan fingerprint density at radius 2 is 1.71 bits per heavy atom. The Kier molecular flexibility index (Phi) is 6.03. The van der Waals surface area contributed by atoms with Crippen LogP contribution < -0.4 is 4.74 Å². The van der Waals surface area contributed by atoms with E-state index in [4.69, 9.17) is 4.74 Å². The van der Waals surface area contributed by atoms with Gasteiger partial charge < -0.3 is 14.7 Å². The van der Waals surface area contributed by atoms with Gasteiger partial charge in [0.25, 0.3) is 0 Å². The van der Waals surface area contributed by atoms with Gasteiger partial charge in [0.15, 0.2) is 0 Å². The van der Waals surface area contributed by atoms with Crippen LogP contribution in [0.3, 0.4) is 0 Å². The lowest BCUT2D eigenvalue weighted by Crippen LogP contribution is -2.27. The molecule has 0 bridgehead atoms. The largest absolute Gasteiger partial charge is 0.492 e. The summed E-state index contributed by atoms with van der Waals surface area (Å²) in [6, 6.07) is 14.1. The number of likely N-dealkylation sites (N-methyl/N-ethyl adjacent to an activating group) is 1. The van der Waals surface area contributed by atoms with Crippen LogP contribution in [0.5, 0.6) is 5.75 Å². The maximum atomic E-state index is 11.4. The third kappa shape index (κ3) is 4.16. The van der Waals surface area contributed by atoms with E-state index in [0.717, 1.165) is 34.5 Å². The Morgan fingerprint density at radius 3 is 2.29 bits per heavy atom. The zero-order valence-electron chi connectivity index (χ0n) is 15.5. The highest BCUT2D eigenvalue weighted by Gasteiger charge is 2.31. The molecular weight excluding hydrogens is 298 g/mol. The van der Waals surface area contributed by atoms with Gasteiger partial charge in [-0.2, -0.15) is 0 Å². The highest BCUT2D eigenvalue weighted by atomic mass is 16.5. The molecule has 130 valence electrons. The summed E-state index contributed by atoms with van der Waals surface area (Å²) < 4.78 is 5.74. The minimum absolute atomic E-state index is 0.623. The Morgan fingerprint density at radius 1 is 1.04 bits per heavy atom. The second-order valence-corrected chi connectivity index (χ2v) is 6.71. The SMILES string of the molecule is CCC(O)(c1ccc(OCCN(C)C)cc1)c1cc(C)ccc1C. The van der Waals surface area contributed by atoms with E-state index in [0.29, 0.717) is 13.0 Å². The van der Waals surface area contributed by atoms with Crippen molar-refractivity contribution >= 4 is 0 Å². The molecule has 0 heterocycles. The summed E-state index contributed by atoms with van der Waals surface area (Å²) in [6.07, 6.45) is 0.623. The Balaban J connectivity index is 2.25. The van der Waals surface area contributed by atoms with Gasteiger partial charge in [-0.05, 0) is 63.2 Å². The van der Waals surface area contributed by atoms with Crippen molar-refractivity contribution in [2.24, 2.45) is 0 Å². The molecule has 0 amide bonds. The van der Waals surface area contributed by atoms with Crippen molar-refractivity contribution in [2.75, 3.05) is 27.2 Å². The van der Waals surface area contributed by atoms with Gasteiger partial charge in [0.2, 0.25) is 0 Å². The Labute approximate surface area is 145 Å². The molecule has 1 unspecified atom stereocenters. The van der Waals surface area contributed by atoms with Crippen molar-refractivity contribution in [3.05, 3.63) is 64.7 Å². The smallest absolute Gasteiger partial charge is 0.119 e. The number of hydrogen-bond acceptors (Lipinski definition) is 3. The molecule has 3 heteroatoms. The van der Waals surface area contributed by atoms with E-state index in [2.05, 4.69) is 30.0 Å². The number of benzene rings is 2. The van der Waals surface area contributed by atoms with Crippen LogP contribution in [0.2, 0.25) is 0 Å². The van der Waals surface area contributed by atoms with Gasteiger partial charge in [0, 0.05) is 6.54 Å². The summed E-state index contributed by atoms with van der Waals surface area (Å²) in [5.41, 5.74) is 3.17. The van der Waals surface area contributed by atoms with Gasteiger partial charge in [0.1, 0.15) is 18.0 Å². The maximum Gasteiger partial charge on any atom is 0.119 e. The van der Waals surface area contributed by atoms with E-state index in [9.17, 15) is 5.11 Å². The Bertz CT molecular complexity index is 664. The molecule has 3 nitrogen and oxygen atoms in total. The summed E-state index contributed by atoms with van der Waals surface area (Å²) in [5, 5.41) is 11.4. The molecule has 0 aliphatic carbocycles. The lowest BCUT2D eigenvalue weighted by atomic mass is 9.81. The number of aryl methyl sites for hydroxylation is 2. The van der Waals surface area contributed by atoms with Gasteiger partial charge in [-0.15, -0.1) is 0 Å². The van der Waals surface area contributed by atoms with Crippen molar-refractivity contribution in [3.63, 3.8) is 0 Å². The maximum absolute atomic E-state index is 11.4. The first-order valence-electron chi connectivity index (χ1n) is 8.55. The molecule has 0 aromatic heterocycles. The van der Waals surface area contributed by atoms with Gasteiger partial charge in [0.05, 0.1) is 0 Å². The number of aliphatic hydroxyl groups is 1. The average Bonchev–Trinajstić information content (AvgIpc) is 2.56. The van der Waals surface area contributed by atoms with E-state index >= 15 is 0 Å². The minimum Gasteiger partial charge on any atom is -0.492 e. The molecule has 0 radical (unpaired) electrons. The average molecular weight is 327 g/mol. The fourth-order valence-electron chi connectivity index (χ4n) is 2.90. The third-order valence-corrected chi connectivity index (χ3v) is 4.49. The summed E-state index contributed by atoms with van der Waals surface area (Å²) in [6.45, 7) is 7.66. The van der Waals surface area contributed by atoms with Crippen LogP contribution >= 0.6 is 0 Å². The zero-order valence-corrected chi connectivity index (χ0v) is 15.5. The molecule has 24 heavy (non-hydrogen) atoms. The first-order valence-corrected chi connectivity index (χ1v) is 8.55. The number of rotatable bonds is 7. The monoisotopic (exact) mass is 327 g/mol. The van der Waals surface area contributed by atoms with Gasteiger partial charge in [-0.25, -0.2) is 0 Å². The standard InChI is InChI=1S/C21H29NO2/c1-6-21(23,20-15-16(2)7-8-17(20)3)18-9-11-19(12-10-18)24-14-13-22(4)5/h7-12,15,23H,6,13-14H2,1-5H3. The van der Waals surface area contributed by atoms with Crippen LogP contribution in [0, 0.1) is 13.8 Å². The van der Waals surface area contributed by atoms with Crippen LogP contribution in [0.4, 0.5) is 0 Å². The van der Waals surface area contributed by atoms with E-state index in [-0.39, 0.29) is 0 Å². The van der Waals surface area contributed by atoms with E-state index in [1.165, 1.54) is 0 Å². The predicted molar refractivity (Wildman–Crippen MR) is 99.7 cm³/mol. The minimum atomic E-state index is -0.974. The molecule has 1 atom stereocenters. The van der Waals surface area contributed by atoms with Crippen molar-refractivity contribution in [1.82, 2.24) is 4.90 Å². The van der Waals surface area contributed by atoms with Gasteiger partial charge in [-0.1, -0.05) is 42.8 Å². The number of ether oxygens (including phenoxy) is 1. The Hall–Kier alpha value is -1.84. The molecule has 2 aromatic rings. The molecule has 0 spiro atoms. The fourth-order valence-corrected chi connectivity index (χ4v) is 2.90. The first kappa shape index (κ1) is 18.5. The molecule has 0 fully saturated rings. The van der Waals surface area contributed by atoms with Crippen LogP contribution in [0.25, 0.3) is 0 Å². The lowest BCUT2D eigenvalue weighted by molar-refractivity contribution is 0.0757. The topological polar surface area (TPSA) is 32.7 Å². The summed E-state index contributed by atoms with van der Waals surface area (Å²) >= 11 is 0. The van der Waals surface area contributed by atoms with E-state index < -0.39 is 5.60 Å². The quantitative estimate of drug-likeness (QED) is 0.837. The van der Waals surface area contributed by atoms with Crippen LogP contribution in [-0.4, -0.2) is 37.3 Å². The van der Waals surface area contributed by atoms with Gasteiger partial charge in [-0.3, -0.25) is 0 Å². The van der Waals surface area contributed by atoms with Crippen molar-refractivity contribution < 1.29 is 9.84 Å². The fraction of sp³-hybridized carbons (Fsp3) is 0.429. The number of hydrogen-bond donors (Lipinski definition) is 1. The first-order chi connectivity index (χ1) is 11.4. The molecule has 0 saturated carbocycles. The molecule has 0 aliphatic rings. The van der Waals surface area contributed by atoms with Crippen LogP contribution in [0.15, 0.2) is 42.5 Å². The summed E-state index contributed by atoms with van der Waals surface area (Å²) in [4.78, 5) is 2.09. The highest BCUT2D eigenvalue weighted by molar-refractivity contribution is 5.43. The van der Waals surface area contributed by atoms with Crippen molar-refractivity contribution in [2.45, 2.75) is 32.8 Å². The second kappa shape index (κ2) is 7.82. The third-order valence-electron chi connectivity index (χ3n) is 4.49. The molecule has 0 saturated heterocycles. The van der Waals surface area contributed by atoms with E-state index in [1.54, 1.807) is 0 Å². The molecule has 2 aromatic carbocycles. The predicted octanol–water partition coefficient (Wildman–Crippen LogP) is 3.89. The van der Waals surface area contributed by atoms with Crippen molar-refractivity contribution in [3.8, 4) is 5.75 Å². The molecule has 1 N–H and O–H groups in total. The lowest BCUT2D eigenvalue weighted by Gasteiger charge is -2.30. The zero-order chi connectivity index (χ0) is 17.7. The van der Waals surface area contributed by atoms with Crippen LogP contribution in [-0.2, 0) is 5.60 Å². The highest BCUT2D eigenvalue weighted by Crippen LogP contribution is 2.36. The molecule has 2 rings (SSSR count). The normalized spacial score (nSPS) is 13.8. The number of nitrogens with zero attached hydrogens (tertiary/aromatic N) is 1. The summed E-state index contributed by atoms with van der Waals surface area (Å²) in [7, 11) is 4.05. The molecule has 0 aliphatic heterocycles. The van der Waals surface area contributed by atoms with Gasteiger partial charge >= 0.3 is 0 Å². The van der Waals surface area contributed by atoms with E-state index in [1.807, 2.05) is 52.2 Å². The van der Waals surface area contributed by atoms with Crippen LogP contribution in [0.1, 0.15) is 35.6 Å². The van der Waals surface area contributed by atoms with Crippen molar-refractivity contribution in [1.29, 1.82) is 0 Å².